The summed E-state index contributed by atoms with van der Waals surface area (Å²) in [6.45, 7) is 3.13. The van der Waals surface area contributed by atoms with Crippen LogP contribution in [0.3, 0.4) is 0 Å². The summed E-state index contributed by atoms with van der Waals surface area (Å²) in [5.41, 5.74) is 5.22. The number of carboxylic acid groups (broad SMARTS) is 1. The molecule has 92 valence electrons. The molecule has 7 nitrogen and oxygen atoms in total. The number of nitrogens with two attached hydrogens (primary N) is 1. The molecule has 0 saturated heterocycles. The van der Waals surface area contributed by atoms with E-state index < -0.39 is 29.9 Å². The molecule has 0 heterocycles. The predicted molar refractivity (Wildman–Crippen MR) is 52.4 cm³/mol. The topological polar surface area (TPSA) is 116 Å². The van der Waals surface area contributed by atoms with Crippen molar-refractivity contribution in [1.29, 1.82) is 0 Å². The third-order valence-electron chi connectivity index (χ3n) is 1.73. The van der Waals surface area contributed by atoms with Crippen LogP contribution in [0.4, 0.5) is 0 Å². The molecule has 3 N–H and O–H groups in total. The third kappa shape index (κ3) is 3.85. The summed E-state index contributed by atoms with van der Waals surface area (Å²) in [7, 11) is 0. The Kier molecular flexibility index (Phi) is 6.09. The number of hydrogen-bond acceptors (Lipinski definition) is 6. The van der Waals surface area contributed by atoms with Crippen molar-refractivity contribution in [1.82, 2.24) is 0 Å². The van der Waals surface area contributed by atoms with Crippen molar-refractivity contribution < 1.29 is 29.0 Å². The van der Waals surface area contributed by atoms with E-state index in [0.29, 0.717) is 0 Å². The lowest BCUT2D eigenvalue weighted by atomic mass is 10.0. The second-order valence-electron chi connectivity index (χ2n) is 2.85. The number of carbonyl (C=O) groups excluding carboxylic acids is 2. The Morgan fingerprint density at radius 1 is 1.12 bits per heavy atom. The van der Waals surface area contributed by atoms with Crippen LogP contribution in [0.5, 0.6) is 0 Å². The monoisotopic (exact) mass is 233 g/mol. The van der Waals surface area contributed by atoms with Gasteiger partial charge in [-0.25, -0.2) is 0 Å². The van der Waals surface area contributed by atoms with Crippen LogP contribution in [0.1, 0.15) is 13.8 Å². The van der Waals surface area contributed by atoms with Gasteiger partial charge in [0.2, 0.25) is 0 Å². The molecule has 0 aliphatic carbocycles. The molecule has 0 fully saturated rings. The molecule has 0 spiro atoms. The highest BCUT2D eigenvalue weighted by Crippen LogP contribution is 2.08. The summed E-state index contributed by atoms with van der Waals surface area (Å²) in [6, 6.07) is -1.67. The quantitative estimate of drug-likeness (QED) is 0.453. The van der Waals surface area contributed by atoms with Crippen molar-refractivity contribution in [2.75, 3.05) is 13.2 Å². The fourth-order valence-corrected chi connectivity index (χ4v) is 0.996. The first-order valence-corrected chi connectivity index (χ1v) is 4.77. The van der Waals surface area contributed by atoms with Crippen LogP contribution < -0.4 is 5.73 Å². The van der Waals surface area contributed by atoms with Crippen LogP contribution in [-0.4, -0.2) is 42.3 Å². The van der Waals surface area contributed by atoms with Crippen LogP contribution in [0.2, 0.25) is 0 Å². The minimum absolute atomic E-state index is 0.0288. The van der Waals surface area contributed by atoms with Crippen LogP contribution in [0.25, 0.3) is 0 Å². The van der Waals surface area contributed by atoms with E-state index in [0.717, 1.165) is 0 Å². The minimum atomic E-state index is -1.67. The summed E-state index contributed by atoms with van der Waals surface area (Å²) >= 11 is 0. The first-order valence-electron chi connectivity index (χ1n) is 4.77. The number of hydrogen-bond donors (Lipinski definition) is 2. The van der Waals surface area contributed by atoms with Gasteiger partial charge in [0.15, 0.2) is 5.92 Å². The fraction of sp³-hybridized carbons (Fsp3) is 0.667. The van der Waals surface area contributed by atoms with E-state index in [1.165, 1.54) is 13.8 Å². The van der Waals surface area contributed by atoms with Crippen LogP contribution >= 0.6 is 0 Å². The summed E-state index contributed by atoms with van der Waals surface area (Å²) in [5, 5.41) is 8.65. The van der Waals surface area contributed by atoms with Gasteiger partial charge in [0, 0.05) is 0 Å². The van der Waals surface area contributed by atoms with E-state index in [1.807, 2.05) is 0 Å². The van der Waals surface area contributed by atoms with Crippen molar-refractivity contribution in [2.45, 2.75) is 19.9 Å². The van der Waals surface area contributed by atoms with Gasteiger partial charge < -0.3 is 20.3 Å². The normalized spacial score (nSPS) is 12.0. The van der Waals surface area contributed by atoms with Gasteiger partial charge in [-0.2, -0.15) is 0 Å². The first-order chi connectivity index (χ1) is 7.45. The number of carbonyl (C=O) groups is 3. The Morgan fingerprint density at radius 3 is 1.75 bits per heavy atom. The van der Waals surface area contributed by atoms with Crippen LogP contribution in [0.15, 0.2) is 0 Å². The Hall–Kier alpha value is -1.63. The molecular weight excluding hydrogens is 218 g/mol. The predicted octanol–water partition coefficient (Wildman–Crippen LogP) is -0.859. The summed E-state index contributed by atoms with van der Waals surface area (Å²) in [6.07, 6.45) is 0. The van der Waals surface area contributed by atoms with E-state index in [2.05, 4.69) is 9.47 Å². The van der Waals surface area contributed by atoms with E-state index in [4.69, 9.17) is 10.8 Å². The highest BCUT2D eigenvalue weighted by Gasteiger charge is 2.39. The number of aliphatic carboxylic acids is 1. The molecule has 0 aromatic rings. The van der Waals surface area contributed by atoms with E-state index >= 15 is 0 Å². The van der Waals surface area contributed by atoms with Crippen molar-refractivity contribution in [3.05, 3.63) is 0 Å². The van der Waals surface area contributed by atoms with Crippen LogP contribution in [-0.2, 0) is 23.9 Å². The molecule has 1 atom stereocenters. The van der Waals surface area contributed by atoms with Gasteiger partial charge in [0.25, 0.3) is 0 Å². The number of ether oxygens (including phenoxy) is 2. The molecule has 0 aromatic carbocycles. The molecule has 0 radical (unpaired) electrons. The minimum Gasteiger partial charge on any atom is -0.480 e. The lowest BCUT2D eigenvalue weighted by Crippen LogP contribution is -2.47. The molecule has 0 bridgehead atoms. The van der Waals surface area contributed by atoms with E-state index in [1.54, 1.807) is 0 Å². The van der Waals surface area contributed by atoms with Crippen LogP contribution in [0, 0.1) is 5.92 Å². The molecule has 7 heteroatoms. The lowest BCUT2D eigenvalue weighted by molar-refractivity contribution is -0.166. The maximum Gasteiger partial charge on any atom is 0.322 e. The van der Waals surface area contributed by atoms with Gasteiger partial charge >= 0.3 is 17.9 Å². The average molecular weight is 233 g/mol. The lowest BCUT2D eigenvalue weighted by Gasteiger charge is -2.17. The molecule has 0 rings (SSSR count). The van der Waals surface area contributed by atoms with Crippen molar-refractivity contribution in [2.24, 2.45) is 11.7 Å². The van der Waals surface area contributed by atoms with Gasteiger partial charge in [0.05, 0.1) is 13.2 Å². The standard InChI is InChI=1S/C9H15NO6/c1-3-15-8(13)5(6(10)7(11)12)9(14)16-4-2/h5-6H,3-4,10H2,1-2H3,(H,11,12)/t6-/m0/s1. The molecule has 0 saturated carbocycles. The molecule has 0 aliphatic rings. The highest BCUT2D eigenvalue weighted by molar-refractivity contribution is 6.00. The summed E-state index contributed by atoms with van der Waals surface area (Å²) in [5.74, 6) is -5.07. The average Bonchev–Trinajstić information content (AvgIpc) is 2.18. The zero-order valence-corrected chi connectivity index (χ0v) is 9.13. The maximum atomic E-state index is 11.3. The third-order valence-corrected chi connectivity index (χ3v) is 1.73. The Balaban J connectivity index is 4.82. The first kappa shape index (κ1) is 14.4. The highest BCUT2D eigenvalue weighted by atomic mass is 16.6. The second kappa shape index (κ2) is 6.78. The summed E-state index contributed by atoms with van der Waals surface area (Å²) < 4.78 is 9.12. The molecule has 0 amide bonds. The smallest absolute Gasteiger partial charge is 0.322 e. The Morgan fingerprint density at radius 2 is 1.50 bits per heavy atom. The maximum absolute atomic E-state index is 11.3. The number of carboxylic acids is 1. The zero-order valence-electron chi connectivity index (χ0n) is 9.13. The molecule has 0 aromatic heterocycles. The van der Waals surface area contributed by atoms with E-state index in [9.17, 15) is 14.4 Å². The molecule has 16 heavy (non-hydrogen) atoms. The van der Waals surface area contributed by atoms with Gasteiger partial charge in [-0.05, 0) is 13.8 Å². The zero-order chi connectivity index (χ0) is 12.7. The van der Waals surface area contributed by atoms with Gasteiger partial charge in [-0.3, -0.25) is 14.4 Å². The van der Waals surface area contributed by atoms with Gasteiger partial charge in [-0.1, -0.05) is 0 Å². The molecular formula is C9H15NO6. The Bertz CT molecular complexity index is 259. The van der Waals surface area contributed by atoms with Crippen molar-refractivity contribution >= 4 is 17.9 Å². The van der Waals surface area contributed by atoms with Crippen molar-refractivity contribution in [3.8, 4) is 0 Å². The SMILES string of the molecule is CCOC(=O)C(C(=O)OCC)[C@H](N)C(=O)O. The Labute approximate surface area is 92.5 Å². The van der Waals surface area contributed by atoms with Crippen molar-refractivity contribution in [3.63, 3.8) is 0 Å². The number of rotatable bonds is 6. The largest absolute Gasteiger partial charge is 0.480 e. The second-order valence-corrected chi connectivity index (χ2v) is 2.85. The fourth-order valence-electron chi connectivity index (χ4n) is 0.996. The molecule has 0 aliphatic heterocycles. The molecule has 0 unspecified atom stereocenters. The number of esters is 2. The summed E-state index contributed by atoms with van der Waals surface area (Å²) in [4.78, 5) is 33.3. The van der Waals surface area contributed by atoms with E-state index in [-0.39, 0.29) is 13.2 Å². The van der Waals surface area contributed by atoms with Gasteiger partial charge in [0.1, 0.15) is 6.04 Å². The van der Waals surface area contributed by atoms with Gasteiger partial charge in [-0.15, -0.1) is 0 Å².